The van der Waals surface area contributed by atoms with Gasteiger partial charge in [0.15, 0.2) is 5.96 Å². The predicted molar refractivity (Wildman–Crippen MR) is 191 cm³/mol. The number of aliphatic hydroxyl groups is 1. The summed E-state index contributed by atoms with van der Waals surface area (Å²) in [4.78, 5) is 42.1. The van der Waals surface area contributed by atoms with E-state index in [4.69, 9.17) is 16.2 Å². The van der Waals surface area contributed by atoms with Crippen LogP contribution in [-0.2, 0) is 20.8 Å². The average Bonchev–Trinajstić information content (AvgIpc) is 3.60. The van der Waals surface area contributed by atoms with E-state index in [1.54, 1.807) is 6.20 Å². The van der Waals surface area contributed by atoms with Crippen LogP contribution >= 0.6 is 0 Å². The molecule has 0 saturated carbocycles. The summed E-state index contributed by atoms with van der Waals surface area (Å²) in [6.45, 7) is 0.627. The fourth-order valence-electron chi connectivity index (χ4n) is 6.72. The van der Waals surface area contributed by atoms with E-state index in [1.165, 1.54) is 11.6 Å². The molecule has 0 fully saturated rings. The van der Waals surface area contributed by atoms with E-state index in [0.717, 1.165) is 80.3 Å². The molecule has 0 aliphatic carbocycles. The second kappa shape index (κ2) is 19.4. The Morgan fingerprint density at radius 3 is 2.48 bits per heavy atom. The van der Waals surface area contributed by atoms with Crippen molar-refractivity contribution in [2.75, 3.05) is 13.2 Å². The highest BCUT2D eigenvalue weighted by atomic mass is 16.4. The Morgan fingerprint density at radius 2 is 1.77 bits per heavy atom. The second-order valence-corrected chi connectivity index (χ2v) is 12.8. The highest BCUT2D eigenvalue weighted by Crippen LogP contribution is 2.36. The number of H-pyrrole nitrogens is 1. The van der Waals surface area contributed by atoms with Crippen molar-refractivity contribution in [2.24, 2.45) is 16.6 Å². The molecule has 1 aromatic heterocycles. The Bertz CT molecular complexity index is 1520. The lowest BCUT2D eigenvalue weighted by molar-refractivity contribution is -0.131. The molecular weight excluding hydrogens is 606 g/mol. The second-order valence-electron chi connectivity index (χ2n) is 12.8. The molecule has 258 valence electrons. The monoisotopic (exact) mass is 656 g/mol. The Balaban J connectivity index is 1.54. The maximum absolute atomic E-state index is 12.1. The van der Waals surface area contributed by atoms with Crippen molar-refractivity contribution in [3.05, 3.63) is 82.8 Å². The number of aliphatic carboxylic acids is 1. The van der Waals surface area contributed by atoms with E-state index < -0.39 is 12.0 Å². The number of aliphatic hydroxyl groups excluding tert-OH is 1. The number of unbranched alkanes of at least 4 members (excludes halogenated alkanes) is 3. The number of benzene rings is 2. The molecular formula is C38H50N5O5-. The minimum absolute atomic E-state index is 0.0142. The number of aldehydes is 2. The van der Waals surface area contributed by atoms with Gasteiger partial charge < -0.3 is 41.2 Å². The number of nitrogens with zero attached hydrogens (tertiary/aromatic N) is 2. The highest BCUT2D eigenvalue weighted by molar-refractivity contribution is 5.85. The van der Waals surface area contributed by atoms with Crippen molar-refractivity contribution in [2.45, 2.75) is 95.1 Å². The third-order valence-electron chi connectivity index (χ3n) is 9.29. The molecule has 3 aromatic rings. The molecule has 1 aliphatic rings. The number of carboxylic acid groups (broad SMARTS) is 1. The van der Waals surface area contributed by atoms with E-state index in [0.29, 0.717) is 49.6 Å². The van der Waals surface area contributed by atoms with Crippen molar-refractivity contribution >= 4 is 41.1 Å². The number of carbonyl (C=O) groups excluding carboxylic acids is 2. The van der Waals surface area contributed by atoms with E-state index >= 15 is 0 Å². The van der Waals surface area contributed by atoms with Gasteiger partial charge in [0.25, 0.3) is 0 Å². The van der Waals surface area contributed by atoms with Gasteiger partial charge in [-0.3, -0.25) is 4.99 Å². The number of fused-ring (bicyclic) bond motifs is 1. The van der Waals surface area contributed by atoms with E-state index in [-0.39, 0.29) is 24.5 Å². The Kier molecular flexibility index (Phi) is 14.7. The van der Waals surface area contributed by atoms with Crippen molar-refractivity contribution in [3.63, 3.8) is 0 Å². The van der Waals surface area contributed by atoms with Crippen LogP contribution in [0.25, 0.3) is 16.1 Å². The SMILES string of the molecule is NC1=NCC[C@H](/C(=C\C(=O)O)[C@H](CC[C@H](CCCCCC[C@H](C=O)CCCO)c2ccc3ccc(CC=O)cc3c2)[N-]c2ccc[nH]2)N1. The lowest BCUT2D eigenvalue weighted by atomic mass is 9.84. The molecule has 10 heteroatoms. The number of nitrogens with one attached hydrogen (secondary N) is 2. The van der Waals surface area contributed by atoms with Crippen LogP contribution in [0.15, 0.2) is 71.4 Å². The lowest BCUT2D eigenvalue weighted by Gasteiger charge is -2.35. The topological polar surface area (TPSA) is 172 Å². The standard InChI is InChI=1S/C38H50N5O5/c39-38-41-20-17-35(43-38)33(25-37(47)48)34(42-36-10-5-19-40-36)16-15-29(9-4-2-1-3-7-28(26-46)8-6-21-44)31-14-13-30-12-11-27(18-22-45)23-32(30)24-31/h5,10-14,19,22-26,28-29,34-35,40,44H,1-4,6-9,15-18,20-21H2,(H,47,48)(H3,39,41,43)/q-1/b33-25-/t28-,29-,34-,35+/m0/s1. The van der Waals surface area contributed by atoms with Gasteiger partial charge >= 0.3 is 5.97 Å². The van der Waals surface area contributed by atoms with Crippen LogP contribution in [0.2, 0.25) is 0 Å². The summed E-state index contributed by atoms with van der Waals surface area (Å²) in [7, 11) is 0. The van der Waals surface area contributed by atoms with E-state index in [9.17, 15) is 19.5 Å². The molecule has 0 unspecified atom stereocenters. The van der Waals surface area contributed by atoms with Crippen LogP contribution in [-0.4, -0.2) is 64.9 Å². The van der Waals surface area contributed by atoms with Gasteiger partial charge in [-0.25, -0.2) is 4.79 Å². The van der Waals surface area contributed by atoms with Gasteiger partial charge in [-0.2, -0.15) is 0 Å². The molecule has 0 spiro atoms. The molecule has 6 N–H and O–H groups in total. The summed E-state index contributed by atoms with van der Waals surface area (Å²) < 4.78 is 0. The number of aliphatic imine (C=N–C) groups is 1. The number of rotatable bonds is 22. The van der Waals surface area contributed by atoms with Crippen LogP contribution in [0, 0.1) is 5.92 Å². The molecule has 2 heterocycles. The van der Waals surface area contributed by atoms with Crippen LogP contribution < -0.4 is 11.1 Å². The van der Waals surface area contributed by atoms with Gasteiger partial charge in [0.1, 0.15) is 12.6 Å². The van der Waals surface area contributed by atoms with Crippen molar-refractivity contribution in [1.82, 2.24) is 10.3 Å². The fourth-order valence-corrected chi connectivity index (χ4v) is 6.72. The van der Waals surface area contributed by atoms with E-state index in [2.05, 4.69) is 45.6 Å². The van der Waals surface area contributed by atoms with Gasteiger partial charge in [-0.05, 0) is 84.4 Å². The molecule has 0 saturated heterocycles. The number of guanidine groups is 1. The van der Waals surface area contributed by atoms with Crippen molar-refractivity contribution in [3.8, 4) is 0 Å². The molecule has 0 bridgehead atoms. The number of hydrogen-bond donors (Lipinski definition) is 5. The first-order chi connectivity index (χ1) is 23.4. The fraction of sp³-hybridized carbons (Fsp3) is 0.474. The number of nitrogens with two attached hydrogens (primary N) is 1. The average molecular weight is 657 g/mol. The third kappa shape index (κ3) is 11.4. The van der Waals surface area contributed by atoms with Crippen LogP contribution in [0.5, 0.6) is 0 Å². The zero-order valence-electron chi connectivity index (χ0n) is 27.7. The van der Waals surface area contributed by atoms with Crippen LogP contribution in [0.1, 0.15) is 87.7 Å². The van der Waals surface area contributed by atoms with Gasteiger partial charge in [0, 0.05) is 31.6 Å². The molecule has 10 nitrogen and oxygen atoms in total. The number of aromatic nitrogens is 1. The zero-order chi connectivity index (χ0) is 34.1. The predicted octanol–water partition coefficient (Wildman–Crippen LogP) is 6.46. The number of carboxylic acids is 1. The summed E-state index contributed by atoms with van der Waals surface area (Å²) in [5.74, 6) is 0.184. The van der Waals surface area contributed by atoms with Crippen molar-refractivity contribution in [1.29, 1.82) is 0 Å². The molecule has 48 heavy (non-hydrogen) atoms. The summed E-state index contributed by atoms with van der Waals surface area (Å²) in [5.41, 5.74) is 8.89. The van der Waals surface area contributed by atoms with Gasteiger partial charge in [0.05, 0.1) is 6.04 Å². The Morgan fingerprint density at radius 1 is 0.979 bits per heavy atom. The lowest BCUT2D eigenvalue weighted by Crippen LogP contribution is -2.46. The van der Waals surface area contributed by atoms with Gasteiger partial charge in [-0.1, -0.05) is 86.2 Å². The van der Waals surface area contributed by atoms with Gasteiger partial charge in [0.2, 0.25) is 0 Å². The maximum Gasteiger partial charge on any atom is 0.328 e. The first-order valence-electron chi connectivity index (χ1n) is 17.3. The summed E-state index contributed by atoms with van der Waals surface area (Å²) >= 11 is 0. The van der Waals surface area contributed by atoms with E-state index in [1.807, 2.05) is 18.2 Å². The maximum atomic E-state index is 12.1. The molecule has 1 aliphatic heterocycles. The zero-order valence-corrected chi connectivity index (χ0v) is 27.7. The molecule has 0 radical (unpaired) electrons. The molecule has 2 aromatic carbocycles. The minimum atomic E-state index is -1.02. The van der Waals surface area contributed by atoms with Crippen molar-refractivity contribution < 1.29 is 24.6 Å². The number of hydrogen-bond acceptors (Lipinski definition) is 7. The molecule has 4 atom stereocenters. The first kappa shape index (κ1) is 36.4. The number of carbonyl (C=O) groups is 3. The number of aromatic amines is 1. The Hall–Kier alpha value is -4.44. The van der Waals surface area contributed by atoms with Crippen LogP contribution in [0.3, 0.4) is 0 Å². The Labute approximate surface area is 283 Å². The molecule has 0 amide bonds. The minimum Gasteiger partial charge on any atom is -0.478 e. The third-order valence-corrected chi connectivity index (χ3v) is 9.29. The summed E-state index contributed by atoms with van der Waals surface area (Å²) in [6, 6.07) is 15.8. The summed E-state index contributed by atoms with van der Waals surface area (Å²) in [6.07, 6.45) is 14.7. The van der Waals surface area contributed by atoms with Crippen LogP contribution in [0.4, 0.5) is 5.82 Å². The summed E-state index contributed by atoms with van der Waals surface area (Å²) in [5, 5.41) is 29.4. The van der Waals surface area contributed by atoms with Gasteiger partial charge in [-0.15, -0.1) is 0 Å². The smallest absolute Gasteiger partial charge is 0.328 e. The highest BCUT2D eigenvalue weighted by Gasteiger charge is 2.25. The first-order valence-corrected chi connectivity index (χ1v) is 17.3. The normalized spacial score (nSPS) is 16.8. The quantitative estimate of drug-likeness (QED) is 0.0469. The largest absolute Gasteiger partial charge is 0.478 e. The molecule has 4 rings (SSSR count).